The van der Waals surface area contributed by atoms with E-state index in [1.54, 1.807) is 13.1 Å². The molecule has 3 rings (SSSR count). The van der Waals surface area contributed by atoms with E-state index in [0.29, 0.717) is 18.2 Å². The van der Waals surface area contributed by atoms with Crippen LogP contribution in [0.25, 0.3) is 0 Å². The van der Waals surface area contributed by atoms with Crippen LogP contribution in [0.1, 0.15) is 47.4 Å². The van der Waals surface area contributed by atoms with Crippen LogP contribution in [-0.2, 0) is 5.41 Å². The molecule has 29 heavy (non-hydrogen) atoms. The van der Waals surface area contributed by atoms with E-state index in [-0.39, 0.29) is 17.4 Å². The number of aromatic nitrogens is 2. The Kier molecular flexibility index (Phi) is 6.50. The Morgan fingerprint density at radius 1 is 1.34 bits per heavy atom. The molecule has 1 saturated carbocycles. The molecule has 0 unspecified atom stereocenters. The average molecular weight is 393 g/mol. The second-order valence-corrected chi connectivity index (χ2v) is 7.49. The molecule has 8 heteroatoms. The monoisotopic (exact) mass is 393 g/mol. The number of aryl methyl sites for hydroxylation is 1. The van der Waals surface area contributed by atoms with Crippen molar-refractivity contribution in [3.63, 3.8) is 0 Å². The van der Waals surface area contributed by atoms with Crippen molar-refractivity contribution in [1.82, 2.24) is 26.1 Å². The van der Waals surface area contributed by atoms with Crippen LogP contribution in [0.5, 0.6) is 0 Å². The summed E-state index contributed by atoms with van der Waals surface area (Å²) in [6.07, 6.45) is 5.47. The third kappa shape index (κ3) is 4.93. The number of amides is 1. The molecule has 4 N–H and O–H groups in total. The van der Waals surface area contributed by atoms with Gasteiger partial charge in [0.05, 0.1) is 0 Å². The Labute approximate surface area is 170 Å². The smallest absolute Gasteiger partial charge is 0.271 e. The normalized spacial score (nSPS) is 21.8. The summed E-state index contributed by atoms with van der Waals surface area (Å²) in [5.74, 6) is 0.329. The predicted molar refractivity (Wildman–Crippen MR) is 111 cm³/mol. The molecular weight excluding hydrogens is 366 g/mol. The molecule has 1 aromatic carbocycles. The molecule has 2 aromatic rings. The van der Waals surface area contributed by atoms with Gasteiger partial charge >= 0.3 is 0 Å². The average Bonchev–Trinajstić information content (AvgIpc) is 3.20. The van der Waals surface area contributed by atoms with E-state index >= 15 is 0 Å². The van der Waals surface area contributed by atoms with Crippen molar-refractivity contribution in [1.29, 1.82) is 5.26 Å². The number of hydrogen-bond acceptors (Lipinski definition) is 4. The molecule has 1 aliphatic rings. The van der Waals surface area contributed by atoms with Gasteiger partial charge < -0.3 is 16.0 Å². The molecule has 0 bridgehead atoms. The van der Waals surface area contributed by atoms with Gasteiger partial charge in [0.2, 0.25) is 12.2 Å². The van der Waals surface area contributed by atoms with Gasteiger partial charge in [0.1, 0.15) is 5.69 Å². The topological polar surface area (TPSA) is 118 Å². The van der Waals surface area contributed by atoms with Crippen LogP contribution >= 0.6 is 0 Å². The van der Waals surface area contributed by atoms with Crippen LogP contribution in [0.4, 0.5) is 0 Å². The number of guanidine groups is 1. The van der Waals surface area contributed by atoms with E-state index in [1.807, 2.05) is 31.3 Å². The minimum absolute atomic E-state index is 0.132. The minimum atomic E-state index is -0.163. The number of nitrogens with one attached hydrogen (secondary N) is 4. The van der Waals surface area contributed by atoms with Gasteiger partial charge in [-0.3, -0.25) is 9.89 Å². The fourth-order valence-corrected chi connectivity index (χ4v) is 3.95. The molecule has 0 saturated heterocycles. The number of carbonyl (C=O) groups excluding carboxylic acids is 1. The quantitative estimate of drug-likeness (QED) is 0.352. The summed E-state index contributed by atoms with van der Waals surface area (Å²) in [5, 5.41) is 24.9. The van der Waals surface area contributed by atoms with E-state index in [0.717, 1.165) is 31.4 Å². The van der Waals surface area contributed by atoms with Crippen LogP contribution in [0, 0.1) is 18.4 Å². The Morgan fingerprint density at radius 3 is 2.66 bits per heavy atom. The van der Waals surface area contributed by atoms with Gasteiger partial charge in [-0.1, -0.05) is 30.3 Å². The molecule has 0 spiro atoms. The highest BCUT2D eigenvalue weighted by atomic mass is 16.1. The number of nitriles is 1. The van der Waals surface area contributed by atoms with Gasteiger partial charge in [-0.2, -0.15) is 10.4 Å². The third-order valence-electron chi connectivity index (χ3n) is 5.59. The molecule has 0 atom stereocenters. The Balaban J connectivity index is 1.71. The van der Waals surface area contributed by atoms with Crippen LogP contribution < -0.4 is 16.0 Å². The summed E-state index contributed by atoms with van der Waals surface area (Å²) in [5.41, 5.74) is 2.37. The van der Waals surface area contributed by atoms with E-state index < -0.39 is 0 Å². The Bertz CT molecular complexity index is 889. The van der Waals surface area contributed by atoms with E-state index in [1.165, 1.54) is 5.56 Å². The number of aliphatic imine (C=N–C) groups is 1. The summed E-state index contributed by atoms with van der Waals surface area (Å²) in [6, 6.07) is 12.3. The largest absolute Gasteiger partial charge is 0.359 e. The highest BCUT2D eigenvalue weighted by Gasteiger charge is 2.37. The standard InChI is InChI=1S/C21H27N7O/c1-15-12-18(28-27-15)19(29)24-13-21(16-6-4-3-5-7-16)10-8-17(9-11-21)26-20(23-2)25-14-22/h3-7,12,17H,8-11,13H2,1-2H3,(H,24,29)(H,27,28)(H2,23,25,26)/t17-,21-. The number of hydrogen-bond donors (Lipinski definition) is 4. The van der Waals surface area contributed by atoms with Crippen LogP contribution in [0.2, 0.25) is 0 Å². The maximum atomic E-state index is 12.5. The molecule has 1 fully saturated rings. The number of benzene rings is 1. The lowest BCUT2D eigenvalue weighted by Crippen LogP contribution is -2.49. The van der Waals surface area contributed by atoms with Crippen molar-refractivity contribution in [2.24, 2.45) is 4.99 Å². The zero-order chi connectivity index (χ0) is 20.7. The van der Waals surface area contributed by atoms with Gasteiger partial charge in [0.15, 0.2) is 0 Å². The number of aromatic amines is 1. The second kappa shape index (κ2) is 9.24. The second-order valence-electron chi connectivity index (χ2n) is 7.49. The number of H-pyrrole nitrogens is 1. The molecule has 1 aromatic heterocycles. The Hall–Kier alpha value is -3.34. The minimum Gasteiger partial charge on any atom is -0.359 e. The zero-order valence-corrected chi connectivity index (χ0v) is 16.8. The predicted octanol–water partition coefficient (Wildman–Crippen LogP) is 1.97. The highest BCUT2D eigenvalue weighted by molar-refractivity contribution is 5.92. The Morgan fingerprint density at radius 2 is 2.07 bits per heavy atom. The van der Waals surface area contributed by atoms with E-state index in [4.69, 9.17) is 5.26 Å². The maximum absolute atomic E-state index is 12.5. The first kappa shape index (κ1) is 20.4. The van der Waals surface area contributed by atoms with Crippen molar-refractivity contribution >= 4 is 11.9 Å². The number of nitrogens with zero attached hydrogens (tertiary/aromatic N) is 3. The lowest BCUT2D eigenvalue weighted by molar-refractivity contribution is 0.0930. The maximum Gasteiger partial charge on any atom is 0.271 e. The SMILES string of the molecule is CN/C(=N\C#N)N[C@H]1CC[C@](CNC(=O)c2cc(C)[nH]n2)(c2ccccc2)CC1. The summed E-state index contributed by atoms with van der Waals surface area (Å²) in [7, 11) is 1.74. The van der Waals surface area contributed by atoms with Crippen molar-refractivity contribution in [2.45, 2.75) is 44.1 Å². The van der Waals surface area contributed by atoms with E-state index in [9.17, 15) is 4.79 Å². The summed E-state index contributed by atoms with van der Waals surface area (Å²) >= 11 is 0. The van der Waals surface area contributed by atoms with Crippen molar-refractivity contribution < 1.29 is 4.79 Å². The van der Waals surface area contributed by atoms with Gasteiger partial charge in [0, 0.05) is 30.7 Å². The lowest BCUT2D eigenvalue weighted by atomic mass is 9.68. The first-order chi connectivity index (χ1) is 14.1. The van der Waals surface area contributed by atoms with Crippen molar-refractivity contribution in [2.75, 3.05) is 13.6 Å². The number of rotatable bonds is 5. The fourth-order valence-electron chi connectivity index (χ4n) is 3.95. The van der Waals surface area contributed by atoms with Crippen LogP contribution in [0.15, 0.2) is 41.4 Å². The van der Waals surface area contributed by atoms with Gasteiger partial charge in [0.25, 0.3) is 5.91 Å². The third-order valence-corrected chi connectivity index (χ3v) is 5.59. The fraction of sp³-hybridized carbons (Fsp3) is 0.429. The van der Waals surface area contributed by atoms with Gasteiger partial charge in [-0.25, -0.2) is 0 Å². The summed E-state index contributed by atoms with van der Waals surface area (Å²) in [4.78, 5) is 16.3. The van der Waals surface area contributed by atoms with Gasteiger partial charge in [-0.15, -0.1) is 4.99 Å². The first-order valence-corrected chi connectivity index (χ1v) is 9.83. The van der Waals surface area contributed by atoms with Crippen LogP contribution in [0.3, 0.4) is 0 Å². The summed E-state index contributed by atoms with van der Waals surface area (Å²) < 4.78 is 0. The zero-order valence-electron chi connectivity index (χ0n) is 16.8. The molecule has 8 nitrogen and oxygen atoms in total. The van der Waals surface area contributed by atoms with Crippen molar-refractivity contribution in [3.8, 4) is 6.19 Å². The molecule has 0 radical (unpaired) electrons. The lowest BCUT2D eigenvalue weighted by Gasteiger charge is -2.41. The molecule has 1 amide bonds. The molecule has 1 heterocycles. The first-order valence-electron chi connectivity index (χ1n) is 9.83. The van der Waals surface area contributed by atoms with Gasteiger partial charge in [-0.05, 0) is 44.2 Å². The molecule has 152 valence electrons. The molecule has 1 aliphatic carbocycles. The van der Waals surface area contributed by atoms with Crippen LogP contribution in [-0.4, -0.2) is 41.7 Å². The number of carbonyl (C=O) groups is 1. The highest BCUT2D eigenvalue weighted by Crippen LogP contribution is 2.39. The van der Waals surface area contributed by atoms with E-state index in [2.05, 4.69) is 43.3 Å². The van der Waals surface area contributed by atoms with Crippen molar-refractivity contribution in [3.05, 3.63) is 53.3 Å². The molecular formula is C21H27N7O. The summed E-state index contributed by atoms with van der Waals surface area (Å²) in [6.45, 7) is 2.43. The molecule has 0 aliphatic heterocycles.